The minimum Gasteiger partial charge on any atom is -0.350 e. The van der Waals surface area contributed by atoms with Crippen LogP contribution in [0, 0.1) is 6.92 Å². The molecule has 8 nitrogen and oxygen atoms in total. The molecule has 1 aliphatic rings. The van der Waals surface area contributed by atoms with Crippen molar-refractivity contribution in [2.24, 2.45) is 0 Å². The van der Waals surface area contributed by atoms with Crippen molar-refractivity contribution >= 4 is 23.2 Å². The SMILES string of the molecule is Cc1cn(-c2ccnc(NC3CCCN(C(=O)c4nccs4)C3)n2)c(-c2ccccc2)n1. The Morgan fingerprint density at radius 3 is 2.81 bits per heavy atom. The molecule has 0 aliphatic carbocycles. The number of benzene rings is 1. The molecule has 1 aromatic carbocycles. The number of imidazole rings is 1. The van der Waals surface area contributed by atoms with E-state index in [0.29, 0.717) is 17.5 Å². The van der Waals surface area contributed by atoms with E-state index in [-0.39, 0.29) is 11.9 Å². The summed E-state index contributed by atoms with van der Waals surface area (Å²) in [6, 6.07) is 12.0. The Kier molecular flexibility index (Phi) is 5.64. The summed E-state index contributed by atoms with van der Waals surface area (Å²) in [4.78, 5) is 32.5. The molecule has 0 saturated carbocycles. The molecular weight excluding hydrogens is 422 g/mol. The number of thiazole rings is 1. The predicted octanol–water partition coefficient (Wildman–Crippen LogP) is 3.81. The van der Waals surface area contributed by atoms with E-state index in [1.54, 1.807) is 12.4 Å². The number of nitrogens with zero attached hydrogens (tertiary/aromatic N) is 6. The van der Waals surface area contributed by atoms with Gasteiger partial charge in [-0.25, -0.2) is 15.0 Å². The highest BCUT2D eigenvalue weighted by atomic mass is 32.1. The average molecular weight is 446 g/mol. The van der Waals surface area contributed by atoms with Gasteiger partial charge in [-0.05, 0) is 25.8 Å². The molecule has 0 bridgehead atoms. The topological polar surface area (TPSA) is 88.8 Å². The number of anilines is 1. The first-order chi connectivity index (χ1) is 15.7. The van der Waals surface area contributed by atoms with E-state index < -0.39 is 0 Å². The second-order valence-corrected chi connectivity index (χ2v) is 8.65. The molecule has 3 aromatic heterocycles. The Bertz CT molecular complexity index is 1210. The number of piperidine rings is 1. The number of aromatic nitrogens is 5. The Morgan fingerprint density at radius 1 is 1.12 bits per heavy atom. The van der Waals surface area contributed by atoms with Crippen molar-refractivity contribution in [1.82, 2.24) is 29.4 Å². The first-order valence-corrected chi connectivity index (χ1v) is 11.5. The van der Waals surface area contributed by atoms with E-state index in [4.69, 9.17) is 4.98 Å². The molecule has 1 amide bonds. The van der Waals surface area contributed by atoms with E-state index in [0.717, 1.165) is 42.3 Å². The number of amides is 1. The predicted molar refractivity (Wildman–Crippen MR) is 124 cm³/mol. The summed E-state index contributed by atoms with van der Waals surface area (Å²) in [5.41, 5.74) is 1.94. The highest BCUT2D eigenvalue weighted by Crippen LogP contribution is 2.23. The van der Waals surface area contributed by atoms with Gasteiger partial charge in [-0.3, -0.25) is 9.36 Å². The molecule has 1 fully saturated rings. The maximum absolute atomic E-state index is 12.7. The fraction of sp³-hybridized carbons (Fsp3) is 0.261. The minimum atomic E-state index is -0.0115. The fourth-order valence-corrected chi connectivity index (χ4v) is 4.54. The molecule has 32 heavy (non-hydrogen) atoms. The zero-order valence-electron chi connectivity index (χ0n) is 17.7. The molecule has 1 saturated heterocycles. The smallest absolute Gasteiger partial charge is 0.282 e. The van der Waals surface area contributed by atoms with Crippen LogP contribution in [0.2, 0.25) is 0 Å². The Morgan fingerprint density at radius 2 is 2.00 bits per heavy atom. The molecule has 1 N–H and O–H groups in total. The minimum absolute atomic E-state index is 0.0115. The van der Waals surface area contributed by atoms with Crippen LogP contribution in [0.1, 0.15) is 28.3 Å². The zero-order chi connectivity index (χ0) is 21.9. The van der Waals surface area contributed by atoms with Gasteiger partial charge in [0.2, 0.25) is 5.95 Å². The number of nitrogens with one attached hydrogen (secondary N) is 1. The van der Waals surface area contributed by atoms with Gasteiger partial charge in [0.1, 0.15) is 11.6 Å². The van der Waals surface area contributed by atoms with Gasteiger partial charge in [0.15, 0.2) is 5.01 Å². The van der Waals surface area contributed by atoms with Gasteiger partial charge < -0.3 is 10.2 Å². The van der Waals surface area contributed by atoms with Crippen LogP contribution in [0.25, 0.3) is 17.2 Å². The van der Waals surface area contributed by atoms with Crippen molar-refractivity contribution in [3.8, 4) is 17.2 Å². The van der Waals surface area contributed by atoms with Crippen molar-refractivity contribution < 1.29 is 4.79 Å². The summed E-state index contributed by atoms with van der Waals surface area (Å²) < 4.78 is 1.98. The summed E-state index contributed by atoms with van der Waals surface area (Å²) in [5, 5.41) is 5.78. The molecule has 0 radical (unpaired) electrons. The van der Waals surface area contributed by atoms with E-state index in [2.05, 4.69) is 20.3 Å². The third-order valence-corrected chi connectivity index (χ3v) is 6.16. The molecule has 162 valence electrons. The lowest BCUT2D eigenvalue weighted by Crippen LogP contribution is -2.45. The Hall–Kier alpha value is -3.59. The Labute approximate surface area is 190 Å². The van der Waals surface area contributed by atoms with E-state index in [1.165, 1.54) is 11.3 Å². The van der Waals surface area contributed by atoms with Crippen LogP contribution in [-0.2, 0) is 0 Å². The van der Waals surface area contributed by atoms with Gasteiger partial charge in [-0.15, -0.1) is 11.3 Å². The van der Waals surface area contributed by atoms with Crippen LogP contribution in [0.15, 0.2) is 60.4 Å². The second kappa shape index (κ2) is 8.88. The number of aryl methyl sites for hydroxylation is 1. The van der Waals surface area contributed by atoms with Crippen molar-refractivity contribution in [3.05, 3.63) is 71.1 Å². The van der Waals surface area contributed by atoms with Crippen molar-refractivity contribution in [2.75, 3.05) is 18.4 Å². The van der Waals surface area contributed by atoms with Gasteiger partial charge in [0.05, 0.1) is 5.69 Å². The average Bonchev–Trinajstić information content (AvgIpc) is 3.50. The number of rotatable bonds is 5. The maximum Gasteiger partial charge on any atom is 0.282 e. The van der Waals surface area contributed by atoms with E-state index >= 15 is 0 Å². The second-order valence-electron chi connectivity index (χ2n) is 7.75. The first-order valence-electron chi connectivity index (χ1n) is 10.6. The number of hydrogen-bond acceptors (Lipinski definition) is 7. The molecular formula is C23H23N7OS. The quantitative estimate of drug-likeness (QED) is 0.503. The third-order valence-electron chi connectivity index (χ3n) is 5.40. The van der Waals surface area contributed by atoms with Gasteiger partial charge in [0, 0.05) is 48.7 Å². The lowest BCUT2D eigenvalue weighted by Gasteiger charge is -2.32. The molecule has 4 aromatic rings. The number of carbonyl (C=O) groups is 1. The summed E-state index contributed by atoms with van der Waals surface area (Å²) >= 11 is 1.37. The normalized spacial score (nSPS) is 16.2. The van der Waals surface area contributed by atoms with Gasteiger partial charge >= 0.3 is 0 Å². The van der Waals surface area contributed by atoms with Crippen LogP contribution in [-0.4, -0.2) is 54.4 Å². The standard InChI is InChI=1S/C23H23N7OS/c1-16-14-30(20(26-16)17-6-3-2-4-7-17)19-9-10-25-23(28-19)27-18-8-5-12-29(15-18)22(31)21-24-11-13-32-21/h2-4,6-7,9-11,13-14,18H,5,8,12,15H2,1H3,(H,25,27,28). The molecule has 1 atom stereocenters. The van der Waals surface area contributed by atoms with Gasteiger partial charge in [-0.2, -0.15) is 4.98 Å². The lowest BCUT2D eigenvalue weighted by atomic mass is 10.1. The van der Waals surface area contributed by atoms with Crippen LogP contribution in [0.3, 0.4) is 0 Å². The summed E-state index contributed by atoms with van der Waals surface area (Å²) in [7, 11) is 0. The van der Waals surface area contributed by atoms with Crippen molar-refractivity contribution in [1.29, 1.82) is 0 Å². The fourth-order valence-electron chi connectivity index (χ4n) is 3.94. The molecule has 4 heterocycles. The highest BCUT2D eigenvalue weighted by molar-refractivity contribution is 7.11. The van der Waals surface area contributed by atoms with Gasteiger partial charge in [-0.1, -0.05) is 30.3 Å². The summed E-state index contributed by atoms with van der Waals surface area (Å²) in [5.74, 6) is 2.11. The number of likely N-dealkylation sites (tertiary alicyclic amines) is 1. The lowest BCUT2D eigenvalue weighted by molar-refractivity contribution is 0.0714. The van der Waals surface area contributed by atoms with E-state index in [9.17, 15) is 4.79 Å². The van der Waals surface area contributed by atoms with E-state index in [1.807, 2.05) is 64.4 Å². The summed E-state index contributed by atoms with van der Waals surface area (Å²) in [6.45, 7) is 3.32. The maximum atomic E-state index is 12.7. The van der Waals surface area contributed by atoms with Crippen LogP contribution >= 0.6 is 11.3 Å². The van der Waals surface area contributed by atoms with Crippen LogP contribution in [0.5, 0.6) is 0 Å². The van der Waals surface area contributed by atoms with Crippen molar-refractivity contribution in [2.45, 2.75) is 25.8 Å². The highest BCUT2D eigenvalue weighted by Gasteiger charge is 2.26. The van der Waals surface area contributed by atoms with Crippen LogP contribution in [0.4, 0.5) is 5.95 Å². The monoisotopic (exact) mass is 445 g/mol. The molecule has 1 unspecified atom stereocenters. The molecule has 5 rings (SSSR count). The first kappa shape index (κ1) is 20.3. The molecule has 0 spiro atoms. The Balaban J connectivity index is 1.35. The largest absolute Gasteiger partial charge is 0.350 e. The zero-order valence-corrected chi connectivity index (χ0v) is 18.5. The van der Waals surface area contributed by atoms with Crippen LogP contribution < -0.4 is 5.32 Å². The number of hydrogen-bond donors (Lipinski definition) is 1. The number of carbonyl (C=O) groups excluding carboxylic acids is 1. The van der Waals surface area contributed by atoms with Crippen molar-refractivity contribution in [3.63, 3.8) is 0 Å². The van der Waals surface area contributed by atoms with Gasteiger partial charge in [0.25, 0.3) is 5.91 Å². The molecule has 9 heteroatoms. The third kappa shape index (κ3) is 4.24. The summed E-state index contributed by atoms with van der Waals surface area (Å²) in [6.07, 6.45) is 7.26. The molecule has 1 aliphatic heterocycles.